The Kier molecular flexibility index (Phi) is 4.70. The van der Waals surface area contributed by atoms with E-state index in [1.807, 2.05) is 0 Å². The van der Waals surface area contributed by atoms with Crippen molar-refractivity contribution in [2.75, 3.05) is 6.61 Å². The molecule has 4 heteroatoms. The van der Waals surface area contributed by atoms with Crippen LogP contribution in [0.2, 0.25) is 0 Å². The van der Waals surface area contributed by atoms with Crippen molar-refractivity contribution < 1.29 is 14.2 Å². The molecule has 0 saturated carbocycles. The van der Waals surface area contributed by atoms with E-state index in [0.29, 0.717) is 6.42 Å². The van der Waals surface area contributed by atoms with Gasteiger partial charge in [-0.15, -0.1) is 0 Å². The van der Waals surface area contributed by atoms with Gasteiger partial charge >= 0.3 is 5.97 Å². The van der Waals surface area contributed by atoms with Crippen LogP contribution >= 0.6 is 11.9 Å². The topological polar surface area (TPSA) is 46.5 Å². The highest BCUT2D eigenvalue weighted by Gasteiger charge is 1.97. The first kappa shape index (κ1) is 7.72. The zero-order chi connectivity index (χ0) is 6.41. The van der Waals surface area contributed by atoms with Gasteiger partial charge in [-0.25, -0.2) is 0 Å². The van der Waals surface area contributed by atoms with Crippen molar-refractivity contribution in [1.82, 2.24) is 0 Å². The summed E-state index contributed by atoms with van der Waals surface area (Å²) in [5, 5.41) is 8.16. The van der Waals surface area contributed by atoms with Crippen LogP contribution < -0.4 is 0 Å². The van der Waals surface area contributed by atoms with Crippen molar-refractivity contribution in [3.63, 3.8) is 0 Å². The molecule has 0 radical (unpaired) electrons. The SMILES string of the molecule is O=C(CCCO)OCl. The molecule has 0 heterocycles. The maximum Gasteiger partial charge on any atom is 0.324 e. The molecular weight excluding hydrogens is 131 g/mol. The van der Waals surface area contributed by atoms with Gasteiger partial charge in [-0.1, -0.05) is 0 Å². The summed E-state index contributed by atoms with van der Waals surface area (Å²) >= 11 is 4.66. The van der Waals surface area contributed by atoms with Crippen LogP contribution in [0.5, 0.6) is 0 Å². The molecule has 0 rings (SSSR count). The van der Waals surface area contributed by atoms with Crippen molar-refractivity contribution >= 4 is 17.8 Å². The van der Waals surface area contributed by atoms with Gasteiger partial charge in [0.15, 0.2) is 0 Å². The average molecular weight is 139 g/mol. The minimum Gasteiger partial charge on any atom is -0.396 e. The molecule has 0 spiro atoms. The van der Waals surface area contributed by atoms with Crippen molar-refractivity contribution in [2.45, 2.75) is 12.8 Å². The number of aliphatic hydroxyl groups is 1. The second-order valence-corrected chi connectivity index (χ2v) is 1.43. The van der Waals surface area contributed by atoms with Crippen molar-refractivity contribution in [2.24, 2.45) is 0 Å². The van der Waals surface area contributed by atoms with Crippen LogP contribution in [0.15, 0.2) is 0 Å². The molecule has 0 aromatic rings. The van der Waals surface area contributed by atoms with Crippen molar-refractivity contribution in [1.29, 1.82) is 0 Å². The molecule has 48 valence electrons. The number of carbonyl (C=O) groups excluding carboxylic acids is 1. The van der Waals surface area contributed by atoms with Crippen LogP contribution in [0.4, 0.5) is 0 Å². The average Bonchev–Trinajstić information content (AvgIpc) is 1.83. The zero-order valence-electron chi connectivity index (χ0n) is 4.26. The number of hydrogen-bond acceptors (Lipinski definition) is 3. The molecule has 0 fully saturated rings. The van der Waals surface area contributed by atoms with E-state index in [4.69, 9.17) is 5.11 Å². The van der Waals surface area contributed by atoms with Gasteiger partial charge in [0.25, 0.3) is 0 Å². The summed E-state index contributed by atoms with van der Waals surface area (Å²) in [4.78, 5) is 10.1. The predicted molar refractivity (Wildman–Crippen MR) is 28.3 cm³/mol. The number of carbonyl (C=O) groups is 1. The Morgan fingerprint density at radius 2 is 2.38 bits per heavy atom. The Labute approximate surface area is 52.4 Å². The largest absolute Gasteiger partial charge is 0.396 e. The standard InChI is InChI=1S/C4H7ClO3/c5-8-4(7)2-1-3-6/h6H,1-3H2. The fourth-order valence-electron chi connectivity index (χ4n) is 0.262. The second kappa shape index (κ2) is 4.87. The van der Waals surface area contributed by atoms with Gasteiger partial charge in [0.2, 0.25) is 0 Å². The van der Waals surface area contributed by atoms with Gasteiger partial charge in [-0.3, -0.25) is 4.79 Å². The van der Waals surface area contributed by atoms with Crippen molar-refractivity contribution in [3.8, 4) is 0 Å². The third-order valence-electron chi connectivity index (χ3n) is 0.625. The van der Waals surface area contributed by atoms with Gasteiger partial charge in [0.1, 0.15) is 11.9 Å². The molecule has 0 saturated heterocycles. The molecule has 8 heavy (non-hydrogen) atoms. The molecule has 1 N–H and O–H groups in total. The molecule has 0 bridgehead atoms. The number of aliphatic hydroxyl groups excluding tert-OH is 1. The number of hydrogen-bond donors (Lipinski definition) is 1. The lowest BCUT2D eigenvalue weighted by atomic mass is 10.3. The van der Waals surface area contributed by atoms with E-state index in [2.05, 4.69) is 16.2 Å². The van der Waals surface area contributed by atoms with E-state index in [9.17, 15) is 4.79 Å². The highest BCUT2D eigenvalue weighted by molar-refractivity contribution is 6.13. The lowest BCUT2D eigenvalue weighted by Gasteiger charge is -1.90. The maximum atomic E-state index is 10.1. The van der Waals surface area contributed by atoms with E-state index < -0.39 is 5.97 Å². The van der Waals surface area contributed by atoms with Crippen LogP contribution in [0.1, 0.15) is 12.8 Å². The third-order valence-corrected chi connectivity index (χ3v) is 0.797. The molecule has 3 nitrogen and oxygen atoms in total. The van der Waals surface area contributed by atoms with E-state index in [1.54, 1.807) is 0 Å². The van der Waals surface area contributed by atoms with Crippen LogP contribution in [-0.4, -0.2) is 17.7 Å². The Hall–Kier alpha value is -0.280. The van der Waals surface area contributed by atoms with E-state index >= 15 is 0 Å². The monoisotopic (exact) mass is 138 g/mol. The normalized spacial score (nSPS) is 8.75. The van der Waals surface area contributed by atoms with E-state index in [0.717, 1.165) is 0 Å². The summed E-state index contributed by atoms with van der Waals surface area (Å²) < 4.78 is 3.77. The minimum atomic E-state index is -0.499. The number of halogens is 1. The lowest BCUT2D eigenvalue weighted by Crippen LogP contribution is -1.97. The Morgan fingerprint density at radius 3 is 2.75 bits per heavy atom. The molecule has 0 unspecified atom stereocenters. The fraction of sp³-hybridized carbons (Fsp3) is 0.750. The zero-order valence-corrected chi connectivity index (χ0v) is 5.02. The highest BCUT2D eigenvalue weighted by atomic mass is 35.5. The van der Waals surface area contributed by atoms with Crippen LogP contribution in [-0.2, 0) is 9.08 Å². The van der Waals surface area contributed by atoms with Gasteiger partial charge < -0.3 is 9.40 Å². The summed E-state index contributed by atoms with van der Waals surface area (Å²) in [7, 11) is 0. The Morgan fingerprint density at radius 1 is 1.75 bits per heavy atom. The smallest absolute Gasteiger partial charge is 0.324 e. The second-order valence-electron chi connectivity index (χ2n) is 1.28. The molecule has 0 aliphatic rings. The van der Waals surface area contributed by atoms with Gasteiger partial charge in [-0.2, -0.15) is 0 Å². The molecule has 0 amide bonds. The van der Waals surface area contributed by atoms with Gasteiger partial charge in [0, 0.05) is 13.0 Å². The van der Waals surface area contributed by atoms with Crippen LogP contribution in [0.3, 0.4) is 0 Å². The van der Waals surface area contributed by atoms with E-state index in [1.165, 1.54) is 0 Å². The van der Waals surface area contributed by atoms with E-state index in [-0.39, 0.29) is 13.0 Å². The Balaban J connectivity index is 2.99. The molecule has 0 aliphatic heterocycles. The first-order valence-corrected chi connectivity index (χ1v) is 2.54. The molecule has 0 aromatic heterocycles. The minimum absolute atomic E-state index is 0.00795. The molecule has 0 aromatic carbocycles. The first-order chi connectivity index (χ1) is 3.81. The Bertz CT molecular complexity index is 73.7. The summed E-state index contributed by atoms with van der Waals surface area (Å²) in [5.41, 5.74) is 0. The van der Waals surface area contributed by atoms with Crippen molar-refractivity contribution in [3.05, 3.63) is 0 Å². The quantitative estimate of drug-likeness (QED) is 0.616. The molecule has 0 atom stereocenters. The highest BCUT2D eigenvalue weighted by Crippen LogP contribution is 1.92. The summed E-state index contributed by atoms with van der Waals surface area (Å²) in [5.74, 6) is -0.499. The fourth-order valence-corrected chi connectivity index (χ4v) is 0.339. The van der Waals surface area contributed by atoms with Crippen LogP contribution in [0, 0.1) is 0 Å². The predicted octanol–water partition coefficient (Wildman–Crippen LogP) is 0.456. The van der Waals surface area contributed by atoms with Gasteiger partial charge in [-0.05, 0) is 6.42 Å². The number of rotatable bonds is 3. The third kappa shape index (κ3) is 3.89. The molecular formula is C4H7ClO3. The maximum absolute atomic E-state index is 10.1. The van der Waals surface area contributed by atoms with Crippen LogP contribution in [0.25, 0.3) is 0 Å². The summed E-state index contributed by atoms with van der Waals surface area (Å²) in [6.45, 7) is -0.00795. The molecule has 0 aliphatic carbocycles. The first-order valence-electron chi connectivity index (χ1n) is 2.23. The summed E-state index contributed by atoms with van der Waals surface area (Å²) in [6, 6.07) is 0. The summed E-state index contributed by atoms with van der Waals surface area (Å²) in [6.07, 6.45) is 0.589. The lowest BCUT2D eigenvalue weighted by molar-refractivity contribution is -0.134. The van der Waals surface area contributed by atoms with Gasteiger partial charge in [0.05, 0.1) is 0 Å².